The van der Waals surface area contributed by atoms with Crippen LogP contribution in [0.1, 0.15) is 68.5 Å². The van der Waals surface area contributed by atoms with Crippen molar-refractivity contribution in [3.05, 3.63) is 35.6 Å². The van der Waals surface area contributed by atoms with E-state index in [1.54, 1.807) is 24.3 Å². The molecule has 7 nitrogen and oxygen atoms in total. The first-order chi connectivity index (χ1) is 13.8. The van der Waals surface area contributed by atoms with Gasteiger partial charge in [0.05, 0.1) is 6.10 Å². The van der Waals surface area contributed by atoms with Gasteiger partial charge in [0.25, 0.3) is 5.91 Å². The molecule has 0 spiro atoms. The SMILES string of the molecule is CC(C)OC(=O)CC[C@H]1CC[C@H](NC(=O)c2cc3cc(C(=N)N)ccc3o2)CC1. The highest BCUT2D eigenvalue weighted by atomic mass is 16.5. The molecule has 0 aliphatic heterocycles. The van der Waals surface area contributed by atoms with Crippen LogP contribution in [0.5, 0.6) is 0 Å². The first-order valence-corrected chi connectivity index (χ1v) is 10.2. The summed E-state index contributed by atoms with van der Waals surface area (Å²) in [4.78, 5) is 24.3. The number of carbonyl (C=O) groups is 2. The largest absolute Gasteiger partial charge is 0.463 e. The third-order valence-electron chi connectivity index (χ3n) is 5.36. The van der Waals surface area contributed by atoms with Crippen molar-refractivity contribution in [3.63, 3.8) is 0 Å². The summed E-state index contributed by atoms with van der Waals surface area (Å²) in [5.41, 5.74) is 6.71. The number of nitrogens with one attached hydrogen (secondary N) is 2. The Bertz CT molecular complexity index is 895. The second kappa shape index (κ2) is 9.11. The van der Waals surface area contributed by atoms with Gasteiger partial charge in [-0.3, -0.25) is 15.0 Å². The smallest absolute Gasteiger partial charge is 0.306 e. The molecule has 0 bridgehead atoms. The minimum absolute atomic E-state index is 0.0201. The summed E-state index contributed by atoms with van der Waals surface area (Å²) in [5.74, 6) is 0.384. The number of nitrogen functional groups attached to an aromatic ring is 1. The molecule has 1 saturated carbocycles. The topological polar surface area (TPSA) is 118 Å². The molecule has 1 aromatic carbocycles. The summed E-state index contributed by atoms with van der Waals surface area (Å²) in [6.07, 6.45) is 4.99. The molecule has 1 amide bonds. The third kappa shape index (κ3) is 5.59. The molecule has 1 aliphatic carbocycles. The fourth-order valence-corrected chi connectivity index (χ4v) is 3.82. The van der Waals surface area contributed by atoms with Crippen LogP contribution < -0.4 is 11.1 Å². The van der Waals surface area contributed by atoms with E-state index in [1.807, 2.05) is 13.8 Å². The van der Waals surface area contributed by atoms with Crippen molar-refractivity contribution in [3.8, 4) is 0 Å². The number of hydrogen-bond donors (Lipinski definition) is 3. The highest BCUT2D eigenvalue weighted by Gasteiger charge is 2.24. The van der Waals surface area contributed by atoms with Gasteiger partial charge in [-0.2, -0.15) is 0 Å². The van der Waals surface area contributed by atoms with Crippen molar-refractivity contribution in [1.82, 2.24) is 5.32 Å². The Labute approximate surface area is 170 Å². The van der Waals surface area contributed by atoms with Crippen LogP contribution in [0.3, 0.4) is 0 Å². The number of amidine groups is 1. The minimum Gasteiger partial charge on any atom is -0.463 e. The molecular formula is C22H29N3O4. The van der Waals surface area contributed by atoms with Gasteiger partial charge >= 0.3 is 5.97 Å². The van der Waals surface area contributed by atoms with Crippen molar-refractivity contribution in [2.75, 3.05) is 0 Å². The van der Waals surface area contributed by atoms with E-state index in [0.29, 0.717) is 23.5 Å². The van der Waals surface area contributed by atoms with Crippen LogP contribution in [0.15, 0.2) is 28.7 Å². The first-order valence-electron chi connectivity index (χ1n) is 10.2. The molecule has 3 rings (SSSR count). The molecule has 4 N–H and O–H groups in total. The van der Waals surface area contributed by atoms with Crippen molar-refractivity contribution in [2.45, 2.75) is 64.5 Å². The van der Waals surface area contributed by atoms with Gasteiger partial charge < -0.3 is 20.2 Å². The van der Waals surface area contributed by atoms with Gasteiger partial charge in [-0.05, 0) is 76.1 Å². The summed E-state index contributed by atoms with van der Waals surface area (Å²) in [7, 11) is 0. The van der Waals surface area contributed by atoms with E-state index in [9.17, 15) is 9.59 Å². The maximum Gasteiger partial charge on any atom is 0.306 e. The van der Waals surface area contributed by atoms with E-state index < -0.39 is 0 Å². The van der Waals surface area contributed by atoms with Gasteiger partial charge in [-0.25, -0.2) is 0 Å². The lowest BCUT2D eigenvalue weighted by Gasteiger charge is -2.28. The Balaban J connectivity index is 1.49. The van der Waals surface area contributed by atoms with Crippen molar-refractivity contribution >= 4 is 28.7 Å². The molecule has 0 atom stereocenters. The monoisotopic (exact) mass is 399 g/mol. The van der Waals surface area contributed by atoms with Gasteiger partial charge in [-0.15, -0.1) is 0 Å². The Kier molecular flexibility index (Phi) is 6.56. The summed E-state index contributed by atoms with van der Waals surface area (Å²) in [6.45, 7) is 3.71. The van der Waals surface area contributed by atoms with Crippen LogP contribution in [0.25, 0.3) is 11.0 Å². The van der Waals surface area contributed by atoms with E-state index in [0.717, 1.165) is 37.5 Å². The lowest BCUT2D eigenvalue weighted by atomic mass is 9.83. The zero-order valence-corrected chi connectivity index (χ0v) is 17.0. The highest BCUT2D eigenvalue weighted by Crippen LogP contribution is 2.28. The standard InChI is InChI=1S/C22H29N3O4/c1-13(2)28-20(26)10-5-14-3-7-17(8-4-14)25-22(27)19-12-16-11-15(21(23)24)6-9-18(16)29-19/h6,9,11-14,17H,3-5,7-8,10H2,1-2H3,(H3,23,24)(H,25,27)/t14-,17-. The van der Waals surface area contributed by atoms with Gasteiger partial charge in [0.15, 0.2) is 5.76 Å². The predicted molar refractivity (Wildman–Crippen MR) is 111 cm³/mol. The maximum absolute atomic E-state index is 12.6. The molecule has 1 fully saturated rings. The number of carbonyl (C=O) groups excluding carboxylic acids is 2. The van der Waals surface area contributed by atoms with Gasteiger partial charge in [-0.1, -0.05) is 0 Å². The molecule has 0 radical (unpaired) electrons. The van der Waals surface area contributed by atoms with Crippen molar-refractivity contribution in [2.24, 2.45) is 11.7 Å². The van der Waals surface area contributed by atoms with Crippen LogP contribution in [0.4, 0.5) is 0 Å². The molecule has 0 saturated heterocycles. The number of benzene rings is 1. The normalized spacial score (nSPS) is 19.3. The van der Waals surface area contributed by atoms with E-state index in [1.165, 1.54) is 0 Å². The van der Waals surface area contributed by atoms with Crippen LogP contribution in [-0.4, -0.2) is 29.9 Å². The second-order valence-electron chi connectivity index (χ2n) is 8.05. The predicted octanol–water partition coefficient (Wildman–Crippen LogP) is 3.74. The number of ether oxygens (including phenoxy) is 1. The number of hydrogen-bond acceptors (Lipinski definition) is 5. The van der Waals surface area contributed by atoms with E-state index in [4.69, 9.17) is 20.3 Å². The molecular weight excluding hydrogens is 370 g/mol. The Hall–Kier alpha value is -2.83. The van der Waals surface area contributed by atoms with Crippen LogP contribution in [-0.2, 0) is 9.53 Å². The molecule has 0 unspecified atom stereocenters. The molecule has 7 heteroatoms. The van der Waals surface area contributed by atoms with Crippen LogP contribution >= 0.6 is 0 Å². The summed E-state index contributed by atoms with van der Waals surface area (Å²) in [5, 5.41) is 11.3. The van der Waals surface area contributed by atoms with Gasteiger partial charge in [0.1, 0.15) is 11.4 Å². The zero-order chi connectivity index (χ0) is 21.0. The Morgan fingerprint density at radius 1 is 1.24 bits per heavy atom. The molecule has 1 aliphatic rings. The van der Waals surface area contributed by atoms with Crippen molar-refractivity contribution < 1.29 is 18.7 Å². The molecule has 1 aromatic heterocycles. The number of fused-ring (bicyclic) bond motifs is 1. The number of furan rings is 1. The number of nitrogens with two attached hydrogens (primary N) is 1. The first kappa shape index (κ1) is 20.9. The van der Waals surface area contributed by atoms with Gasteiger partial charge in [0.2, 0.25) is 0 Å². The Morgan fingerprint density at radius 3 is 2.62 bits per heavy atom. The molecule has 2 aromatic rings. The average Bonchev–Trinajstić information content (AvgIpc) is 3.10. The van der Waals surface area contributed by atoms with Crippen LogP contribution in [0, 0.1) is 11.3 Å². The van der Waals surface area contributed by atoms with Crippen molar-refractivity contribution in [1.29, 1.82) is 5.41 Å². The van der Waals surface area contributed by atoms with Gasteiger partial charge in [0, 0.05) is 23.4 Å². The molecule has 29 heavy (non-hydrogen) atoms. The van der Waals surface area contributed by atoms with E-state index >= 15 is 0 Å². The quantitative estimate of drug-likeness (QED) is 0.372. The average molecular weight is 399 g/mol. The zero-order valence-electron chi connectivity index (χ0n) is 17.0. The lowest BCUT2D eigenvalue weighted by molar-refractivity contribution is -0.147. The third-order valence-corrected chi connectivity index (χ3v) is 5.36. The summed E-state index contributed by atoms with van der Waals surface area (Å²) < 4.78 is 10.8. The Morgan fingerprint density at radius 2 is 1.97 bits per heavy atom. The number of amides is 1. The fourth-order valence-electron chi connectivity index (χ4n) is 3.82. The highest BCUT2D eigenvalue weighted by molar-refractivity contribution is 6.00. The number of rotatable bonds is 7. The van der Waals surface area contributed by atoms with E-state index in [2.05, 4.69) is 5.32 Å². The lowest BCUT2D eigenvalue weighted by Crippen LogP contribution is -2.37. The minimum atomic E-state index is -0.227. The molecule has 156 valence electrons. The molecule has 1 heterocycles. The summed E-state index contributed by atoms with van der Waals surface area (Å²) >= 11 is 0. The second-order valence-corrected chi connectivity index (χ2v) is 8.05. The van der Waals surface area contributed by atoms with E-state index in [-0.39, 0.29) is 35.6 Å². The summed E-state index contributed by atoms with van der Waals surface area (Å²) in [6, 6.07) is 6.96. The van der Waals surface area contributed by atoms with Crippen LogP contribution in [0.2, 0.25) is 0 Å². The number of esters is 1. The fraction of sp³-hybridized carbons (Fsp3) is 0.500. The maximum atomic E-state index is 12.6.